The fraction of sp³-hybridized carbons (Fsp3) is 0.562. The Hall–Kier alpha value is -1.60. The second-order valence-electron chi connectivity index (χ2n) is 6.03. The van der Waals surface area contributed by atoms with E-state index in [0.29, 0.717) is 30.7 Å². The van der Waals surface area contributed by atoms with Crippen LogP contribution < -0.4 is 4.74 Å². The molecule has 0 unspecified atom stereocenters. The summed E-state index contributed by atoms with van der Waals surface area (Å²) >= 11 is 0. The summed E-state index contributed by atoms with van der Waals surface area (Å²) in [6.07, 6.45) is 1.05. The third kappa shape index (κ3) is 3.21. The Morgan fingerprint density at radius 3 is 2.52 bits per heavy atom. The number of hydrogen-bond donors (Lipinski definition) is 1. The van der Waals surface area contributed by atoms with Gasteiger partial charge in [-0.05, 0) is 56.9 Å². The number of ether oxygens (including phenoxy) is 1. The molecule has 1 saturated heterocycles. The van der Waals surface area contributed by atoms with Crippen LogP contribution in [0.5, 0.6) is 5.75 Å². The number of piperidine rings is 1. The molecule has 0 amide bonds. The standard InChI is InChI=1S/C16H23NO5S/c1-10-9-15(11(2)8-14(10)22-4)23(20,21)17-7-5-6-13(12(17)3)16(18)19/h8-9,12-13H,5-7H2,1-4H3,(H,18,19)/t12-,13-/m0/s1. The van der Waals surface area contributed by atoms with Crippen LogP contribution in [0, 0.1) is 19.8 Å². The normalized spacial score (nSPS) is 22.8. The molecular formula is C16H23NO5S. The Labute approximate surface area is 137 Å². The molecule has 0 aliphatic carbocycles. The van der Waals surface area contributed by atoms with Gasteiger partial charge in [-0.3, -0.25) is 4.79 Å². The van der Waals surface area contributed by atoms with Gasteiger partial charge in [0.05, 0.1) is 17.9 Å². The molecule has 1 aromatic carbocycles. The number of carbonyl (C=O) groups is 1. The zero-order valence-electron chi connectivity index (χ0n) is 13.9. The maximum Gasteiger partial charge on any atom is 0.308 e. The van der Waals surface area contributed by atoms with Crippen molar-refractivity contribution in [3.63, 3.8) is 0 Å². The lowest BCUT2D eigenvalue weighted by atomic mass is 9.92. The van der Waals surface area contributed by atoms with E-state index in [4.69, 9.17) is 4.74 Å². The number of carboxylic acids is 1. The van der Waals surface area contributed by atoms with Gasteiger partial charge in [0.2, 0.25) is 10.0 Å². The van der Waals surface area contributed by atoms with Gasteiger partial charge in [0.15, 0.2) is 0 Å². The average molecular weight is 341 g/mol. The first-order valence-corrected chi connectivity index (χ1v) is 9.04. The van der Waals surface area contributed by atoms with E-state index >= 15 is 0 Å². The van der Waals surface area contributed by atoms with Gasteiger partial charge in [-0.1, -0.05) is 0 Å². The summed E-state index contributed by atoms with van der Waals surface area (Å²) in [5, 5.41) is 9.29. The second-order valence-corrected chi connectivity index (χ2v) is 7.89. The summed E-state index contributed by atoms with van der Waals surface area (Å²) < 4.78 is 32.6. The van der Waals surface area contributed by atoms with Crippen LogP contribution in [-0.4, -0.2) is 43.5 Å². The SMILES string of the molecule is COc1cc(C)c(S(=O)(=O)N2CCC[C@H](C(=O)O)[C@@H]2C)cc1C. The van der Waals surface area contributed by atoms with Crippen molar-refractivity contribution in [2.24, 2.45) is 5.92 Å². The third-order valence-corrected chi connectivity index (χ3v) is 6.65. The molecule has 128 valence electrons. The number of aliphatic carboxylic acids is 1. The molecule has 0 bridgehead atoms. The number of aryl methyl sites for hydroxylation is 2. The van der Waals surface area contributed by atoms with Gasteiger partial charge in [0.25, 0.3) is 0 Å². The van der Waals surface area contributed by atoms with Crippen molar-refractivity contribution in [2.75, 3.05) is 13.7 Å². The van der Waals surface area contributed by atoms with Crippen molar-refractivity contribution in [2.45, 2.75) is 44.6 Å². The molecule has 7 heteroatoms. The summed E-state index contributed by atoms with van der Waals surface area (Å²) in [4.78, 5) is 11.6. The fourth-order valence-electron chi connectivity index (χ4n) is 3.17. The third-order valence-electron chi connectivity index (χ3n) is 4.53. The Morgan fingerprint density at radius 2 is 1.96 bits per heavy atom. The van der Waals surface area contributed by atoms with Gasteiger partial charge < -0.3 is 9.84 Å². The topological polar surface area (TPSA) is 83.9 Å². The number of sulfonamides is 1. The van der Waals surface area contributed by atoms with Crippen LogP contribution in [0.4, 0.5) is 0 Å². The summed E-state index contributed by atoms with van der Waals surface area (Å²) in [6.45, 7) is 5.52. The van der Waals surface area contributed by atoms with E-state index < -0.39 is 28.0 Å². The molecule has 1 aliphatic heterocycles. The van der Waals surface area contributed by atoms with E-state index in [1.165, 1.54) is 4.31 Å². The van der Waals surface area contributed by atoms with Crippen LogP contribution in [0.25, 0.3) is 0 Å². The van der Waals surface area contributed by atoms with Crippen molar-refractivity contribution < 1.29 is 23.1 Å². The molecular weight excluding hydrogens is 318 g/mol. The highest BCUT2D eigenvalue weighted by Crippen LogP contribution is 2.32. The van der Waals surface area contributed by atoms with Crippen molar-refractivity contribution >= 4 is 16.0 Å². The second kappa shape index (κ2) is 6.49. The molecule has 0 saturated carbocycles. The molecule has 0 spiro atoms. The van der Waals surface area contributed by atoms with E-state index in [1.54, 1.807) is 40.0 Å². The van der Waals surface area contributed by atoms with Gasteiger partial charge >= 0.3 is 5.97 Å². The Kier molecular flexibility index (Phi) is 5.01. The number of carboxylic acid groups (broad SMARTS) is 1. The molecule has 0 aromatic heterocycles. The Bertz CT molecular complexity index is 713. The summed E-state index contributed by atoms with van der Waals surface area (Å²) in [5.41, 5.74) is 1.33. The molecule has 23 heavy (non-hydrogen) atoms. The quantitative estimate of drug-likeness (QED) is 0.907. The molecule has 6 nitrogen and oxygen atoms in total. The minimum absolute atomic E-state index is 0.216. The molecule has 0 radical (unpaired) electrons. The molecule has 1 aliphatic rings. The summed E-state index contributed by atoms with van der Waals surface area (Å²) in [5.74, 6) is -0.977. The Morgan fingerprint density at radius 1 is 1.30 bits per heavy atom. The first kappa shape index (κ1) is 17.7. The Balaban J connectivity index is 2.46. The van der Waals surface area contributed by atoms with Gasteiger partial charge in [-0.25, -0.2) is 8.42 Å². The highest BCUT2D eigenvalue weighted by Gasteiger charge is 2.40. The van der Waals surface area contributed by atoms with Crippen molar-refractivity contribution in [3.8, 4) is 5.75 Å². The van der Waals surface area contributed by atoms with Crippen LogP contribution in [0.2, 0.25) is 0 Å². The van der Waals surface area contributed by atoms with Crippen molar-refractivity contribution in [1.29, 1.82) is 0 Å². The smallest absolute Gasteiger partial charge is 0.308 e. The predicted molar refractivity (Wildman–Crippen MR) is 86.2 cm³/mol. The maximum absolute atomic E-state index is 13.0. The van der Waals surface area contributed by atoms with Gasteiger partial charge in [0.1, 0.15) is 5.75 Å². The highest BCUT2D eigenvalue weighted by molar-refractivity contribution is 7.89. The zero-order valence-corrected chi connectivity index (χ0v) is 14.7. The molecule has 1 fully saturated rings. The van der Waals surface area contributed by atoms with E-state index in [2.05, 4.69) is 0 Å². The maximum atomic E-state index is 13.0. The lowest BCUT2D eigenvalue weighted by Crippen LogP contribution is -2.49. The zero-order chi connectivity index (χ0) is 17.4. The van der Waals surface area contributed by atoms with Crippen LogP contribution in [0.15, 0.2) is 17.0 Å². The van der Waals surface area contributed by atoms with Crippen LogP contribution >= 0.6 is 0 Å². The van der Waals surface area contributed by atoms with E-state index in [9.17, 15) is 18.3 Å². The number of nitrogens with zero attached hydrogens (tertiary/aromatic N) is 1. The largest absolute Gasteiger partial charge is 0.496 e. The minimum Gasteiger partial charge on any atom is -0.496 e. The molecule has 1 aromatic rings. The molecule has 1 N–H and O–H groups in total. The summed E-state index contributed by atoms with van der Waals surface area (Å²) in [6, 6.07) is 2.74. The lowest BCUT2D eigenvalue weighted by Gasteiger charge is -2.36. The minimum atomic E-state index is -3.74. The van der Waals surface area contributed by atoms with E-state index in [1.807, 2.05) is 0 Å². The lowest BCUT2D eigenvalue weighted by molar-refractivity contribution is -0.144. The fourth-order valence-corrected chi connectivity index (χ4v) is 5.17. The number of rotatable bonds is 4. The van der Waals surface area contributed by atoms with Crippen LogP contribution in [0.1, 0.15) is 30.9 Å². The van der Waals surface area contributed by atoms with E-state index in [0.717, 1.165) is 5.56 Å². The van der Waals surface area contributed by atoms with E-state index in [-0.39, 0.29) is 4.90 Å². The molecule has 2 atom stereocenters. The number of benzene rings is 1. The van der Waals surface area contributed by atoms with Crippen LogP contribution in [0.3, 0.4) is 0 Å². The number of hydrogen-bond acceptors (Lipinski definition) is 4. The molecule has 1 heterocycles. The summed E-state index contributed by atoms with van der Waals surface area (Å²) in [7, 11) is -2.20. The van der Waals surface area contributed by atoms with Crippen LogP contribution in [-0.2, 0) is 14.8 Å². The van der Waals surface area contributed by atoms with Gasteiger partial charge in [0, 0.05) is 12.6 Å². The average Bonchev–Trinajstić information content (AvgIpc) is 2.48. The van der Waals surface area contributed by atoms with Gasteiger partial charge in [-0.15, -0.1) is 0 Å². The van der Waals surface area contributed by atoms with Crippen molar-refractivity contribution in [3.05, 3.63) is 23.3 Å². The first-order chi connectivity index (χ1) is 10.7. The van der Waals surface area contributed by atoms with Crippen molar-refractivity contribution in [1.82, 2.24) is 4.31 Å². The van der Waals surface area contributed by atoms with Gasteiger partial charge in [-0.2, -0.15) is 4.31 Å². The molecule has 2 rings (SSSR count). The predicted octanol–water partition coefficient (Wildman–Crippen LogP) is 2.19. The first-order valence-electron chi connectivity index (χ1n) is 7.60. The highest BCUT2D eigenvalue weighted by atomic mass is 32.2. The number of methoxy groups -OCH3 is 1. The monoisotopic (exact) mass is 341 g/mol.